The first kappa shape index (κ1) is 11.1. The van der Waals surface area contributed by atoms with Crippen molar-refractivity contribution in [3.63, 3.8) is 0 Å². The van der Waals surface area contributed by atoms with Crippen LogP contribution in [0.15, 0.2) is 24.3 Å². The summed E-state index contributed by atoms with van der Waals surface area (Å²) in [7, 11) is 0. The average molecular weight is 301 g/mol. The van der Waals surface area contributed by atoms with Crippen LogP contribution in [0.25, 0.3) is 0 Å². The molecule has 0 aliphatic heterocycles. The summed E-state index contributed by atoms with van der Waals surface area (Å²) in [6.07, 6.45) is 7.90. The number of amides is 1. The summed E-state index contributed by atoms with van der Waals surface area (Å²) in [5.74, 6) is 2.39. The predicted octanol–water partition coefficient (Wildman–Crippen LogP) is 3.67. The number of para-hydroxylation sites is 1. The maximum absolute atomic E-state index is 12.7. The molecule has 3 heteroatoms. The molecular formula is C19H26N2O. The highest BCUT2D eigenvalue weighted by atomic mass is 16.1. The Labute approximate surface area is 137 Å². The summed E-state index contributed by atoms with van der Waals surface area (Å²) in [6, 6.07) is 6.84. The Hall–Kier alpha value is -1.51. The van der Waals surface area contributed by atoms with Gasteiger partial charge in [-0.05, 0) is 73.8 Å². The molecule has 0 aromatic heterocycles. The lowest BCUT2D eigenvalue weighted by Crippen LogP contribution is -2.51. The fourth-order valence-electron chi connectivity index (χ4n) is 5.66. The minimum absolute atomic E-state index is 0.178. The Morgan fingerprint density at radius 1 is 1.18 bits per heavy atom. The minimum atomic E-state index is -2.31. The fourth-order valence-corrected chi connectivity index (χ4v) is 5.66. The molecule has 0 spiro atoms. The molecule has 3 nitrogen and oxygen atoms in total. The molecule has 4 aliphatic rings. The highest BCUT2D eigenvalue weighted by Gasteiger charge is 2.50. The Morgan fingerprint density at radius 2 is 1.82 bits per heavy atom. The molecule has 1 aromatic carbocycles. The number of anilines is 1. The fraction of sp³-hybridized carbons (Fsp3) is 0.632. The monoisotopic (exact) mass is 301 g/mol. The van der Waals surface area contributed by atoms with Crippen molar-refractivity contribution >= 4 is 11.6 Å². The third-order valence-corrected chi connectivity index (χ3v) is 6.10. The highest BCUT2D eigenvalue weighted by molar-refractivity contribution is 5.99. The van der Waals surface area contributed by atoms with Crippen molar-refractivity contribution in [3.05, 3.63) is 29.8 Å². The second kappa shape index (κ2) is 5.29. The Morgan fingerprint density at radius 3 is 2.45 bits per heavy atom. The van der Waals surface area contributed by atoms with Gasteiger partial charge in [-0.2, -0.15) is 0 Å². The van der Waals surface area contributed by atoms with Crippen LogP contribution >= 0.6 is 0 Å². The van der Waals surface area contributed by atoms with Crippen LogP contribution in [0.2, 0.25) is 0 Å². The van der Waals surface area contributed by atoms with E-state index in [9.17, 15) is 4.79 Å². The zero-order valence-electron chi connectivity index (χ0n) is 15.9. The van der Waals surface area contributed by atoms with E-state index in [2.05, 4.69) is 10.6 Å². The van der Waals surface area contributed by atoms with E-state index in [1.807, 2.05) is 0 Å². The van der Waals surface area contributed by atoms with Gasteiger partial charge < -0.3 is 10.6 Å². The van der Waals surface area contributed by atoms with Gasteiger partial charge in [-0.3, -0.25) is 4.79 Å². The van der Waals surface area contributed by atoms with Gasteiger partial charge in [0.25, 0.3) is 5.91 Å². The predicted molar refractivity (Wildman–Crippen MR) is 88.9 cm³/mol. The lowest BCUT2D eigenvalue weighted by Gasteiger charge is -2.56. The van der Waals surface area contributed by atoms with Crippen LogP contribution in [0, 0.1) is 23.2 Å². The first-order chi connectivity index (χ1) is 11.8. The molecule has 22 heavy (non-hydrogen) atoms. The van der Waals surface area contributed by atoms with Gasteiger partial charge in [0.15, 0.2) is 0 Å². The number of nitrogens with one attached hydrogen (secondary N) is 2. The van der Waals surface area contributed by atoms with Crippen molar-refractivity contribution in [2.45, 2.75) is 38.5 Å². The summed E-state index contributed by atoms with van der Waals surface area (Å²) in [6.45, 7) is -1.59. The van der Waals surface area contributed by atoms with Gasteiger partial charge in [-0.1, -0.05) is 12.1 Å². The first-order valence-electron chi connectivity index (χ1n) is 9.97. The molecule has 0 saturated heterocycles. The van der Waals surface area contributed by atoms with Gasteiger partial charge in [-0.15, -0.1) is 0 Å². The number of hydrogen-bond acceptors (Lipinski definition) is 2. The first-order valence-corrected chi connectivity index (χ1v) is 8.47. The molecule has 2 N–H and O–H groups in total. The molecular weight excluding hydrogens is 272 g/mol. The van der Waals surface area contributed by atoms with E-state index < -0.39 is 6.98 Å². The van der Waals surface area contributed by atoms with Gasteiger partial charge in [0, 0.05) is 23.3 Å². The van der Waals surface area contributed by atoms with E-state index in [0.29, 0.717) is 11.3 Å². The number of rotatable bonds is 4. The third kappa shape index (κ3) is 2.41. The molecule has 118 valence electrons. The second-order valence-electron chi connectivity index (χ2n) is 7.77. The van der Waals surface area contributed by atoms with Crippen LogP contribution in [0.3, 0.4) is 0 Å². The third-order valence-electron chi connectivity index (χ3n) is 6.10. The standard InChI is InChI=1S/C19H26N2O/c1-20-17-5-3-2-4-16(17)18(22)21-12-19-9-13-6-14(10-19)8-15(7-13)11-19/h2-5,13-15,20H,6-12H2,1H3,(H,21,22)/i1D3. The van der Waals surface area contributed by atoms with Crippen LogP contribution in [0.1, 0.15) is 53.0 Å². The number of carbonyl (C=O) groups is 1. The van der Waals surface area contributed by atoms with Crippen molar-refractivity contribution in [1.82, 2.24) is 5.32 Å². The van der Waals surface area contributed by atoms with Gasteiger partial charge in [0.1, 0.15) is 0 Å². The smallest absolute Gasteiger partial charge is 0.253 e. The molecule has 4 aliphatic carbocycles. The van der Waals surface area contributed by atoms with Gasteiger partial charge in [-0.25, -0.2) is 0 Å². The average Bonchev–Trinajstić information content (AvgIpc) is 2.50. The van der Waals surface area contributed by atoms with Crippen LogP contribution in [-0.4, -0.2) is 19.4 Å². The van der Waals surface area contributed by atoms with Crippen LogP contribution < -0.4 is 10.6 Å². The van der Waals surface area contributed by atoms with Gasteiger partial charge in [0.05, 0.1) is 5.56 Å². The number of benzene rings is 1. The second-order valence-corrected chi connectivity index (χ2v) is 7.77. The number of carbonyl (C=O) groups excluding carboxylic acids is 1. The lowest BCUT2D eigenvalue weighted by molar-refractivity contribution is -0.0503. The van der Waals surface area contributed by atoms with Crippen molar-refractivity contribution in [1.29, 1.82) is 0 Å². The van der Waals surface area contributed by atoms with Gasteiger partial charge >= 0.3 is 0 Å². The van der Waals surface area contributed by atoms with Crippen molar-refractivity contribution in [2.75, 3.05) is 18.8 Å². The van der Waals surface area contributed by atoms with E-state index in [1.165, 1.54) is 38.5 Å². The minimum Gasteiger partial charge on any atom is -0.387 e. The molecule has 0 unspecified atom stereocenters. The quantitative estimate of drug-likeness (QED) is 0.891. The topological polar surface area (TPSA) is 41.1 Å². The number of hydrogen-bond donors (Lipinski definition) is 2. The van der Waals surface area contributed by atoms with Crippen molar-refractivity contribution in [3.8, 4) is 0 Å². The molecule has 4 saturated carbocycles. The van der Waals surface area contributed by atoms with E-state index in [4.69, 9.17) is 4.11 Å². The molecule has 1 aromatic rings. The van der Waals surface area contributed by atoms with Gasteiger partial charge in [0.2, 0.25) is 0 Å². The largest absolute Gasteiger partial charge is 0.387 e. The van der Waals surface area contributed by atoms with E-state index in [0.717, 1.165) is 24.3 Å². The summed E-state index contributed by atoms with van der Waals surface area (Å²) in [5.41, 5.74) is 1.05. The normalized spacial score (nSPS) is 38.0. The zero-order valence-corrected chi connectivity index (χ0v) is 12.9. The van der Waals surface area contributed by atoms with Crippen LogP contribution in [0.4, 0.5) is 5.69 Å². The molecule has 0 heterocycles. The summed E-state index contributed by atoms with van der Waals surface area (Å²) < 4.78 is 22.1. The maximum atomic E-state index is 12.7. The van der Waals surface area contributed by atoms with Crippen molar-refractivity contribution < 1.29 is 8.91 Å². The SMILES string of the molecule is [2H]C([2H])([2H])Nc1ccccc1C(=O)NCC12CC3CC(CC(C3)C1)C2. The molecule has 5 rings (SSSR count). The van der Waals surface area contributed by atoms with Crippen LogP contribution in [0.5, 0.6) is 0 Å². The Balaban J connectivity index is 1.45. The Bertz CT molecular complexity index is 636. The van der Waals surface area contributed by atoms with Crippen molar-refractivity contribution in [2.24, 2.45) is 23.2 Å². The molecule has 0 atom stereocenters. The zero-order chi connectivity index (χ0) is 17.7. The molecule has 0 radical (unpaired) electrons. The molecule has 4 bridgehead atoms. The molecule has 1 amide bonds. The van der Waals surface area contributed by atoms with E-state index >= 15 is 0 Å². The van der Waals surface area contributed by atoms with E-state index in [-0.39, 0.29) is 11.3 Å². The summed E-state index contributed by atoms with van der Waals surface area (Å²) >= 11 is 0. The summed E-state index contributed by atoms with van der Waals surface area (Å²) in [4.78, 5) is 12.7. The van der Waals surface area contributed by atoms with E-state index in [1.54, 1.807) is 24.3 Å². The molecule has 4 fully saturated rings. The lowest BCUT2D eigenvalue weighted by atomic mass is 9.49. The Kier molecular flexibility index (Phi) is 2.67. The maximum Gasteiger partial charge on any atom is 0.253 e. The highest BCUT2D eigenvalue weighted by Crippen LogP contribution is 2.59. The summed E-state index contributed by atoms with van der Waals surface area (Å²) in [5, 5.41) is 5.58. The van der Waals surface area contributed by atoms with Crippen LogP contribution in [-0.2, 0) is 0 Å².